The van der Waals surface area contributed by atoms with Crippen molar-refractivity contribution in [3.05, 3.63) is 72.8 Å². The van der Waals surface area contributed by atoms with Crippen LogP contribution in [0.3, 0.4) is 0 Å². The molecule has 0 aliphatic rings. The lowest BCUT2D eigenvalue weighted by Crippen LogP contribution is -2.28. The lowest BCUT2D eigenvalue weighted by molar-refractivity contribution is 0.298. The van der Waals surface area contributed by atoms with Crippen molar-refractivity contribution in [3.8, 4) is 17.2 Å². The summed E-state index contributed by atoms with van der Waals surface area (Å²) >= 11 is 0. The molecule has 3 atom stereocenters. The van der Waals surface area contributed by atoms with Crippen molar-refractivity contribution in [1.82, 2.24) is 0 Å². The fraction of sp³-hybridized carbons (Fsp3) is 0.333. The van der Waals surface area contributed by atoms with Crippen LogP contribution < -0.4 is 46.7 Å². The molecule has 0 aromatic heterocycles. The topological polar surface area (TPSA) is 159 Å². The third-order valence-electron chi connectivity index (χ3n) is 5.59. The minimum Gasteiger partial charge on any atom is -0.386 e. The summed E-state index contributed by atoms with van der Waals surface area (Å²) < 4.78 is 31.3. The Balaban J connectivity index is 1.80. The predicted octanol–water partition coefficient (Wildman–Crippen LogP) is 5.65. The molecule has 38 heavy (non-hydrogen) atoms. The second-order valence-electron chi connectivity index (χ2n) is 8.77. The molecule has 0 bridgehead atoms. The number of nitrogens with two attached hydrogens (primary N) is 3. The van der Waals surface area contributed by atoms with Gasteiger partial charge in [0.25, 0.3) is 0 Å². The lowest BCUT2D eigenvalue weighted by atomic mass is 10.3. The molecule has 0 heterocycles. The Hall–Kier alpha value is -3.43. The van der Waals surface area contributed by atoms with Crippen molar-refractivity contribution in [1.29, 1.82) is 0 Å². The first kappa shape index (κ1) is 29.1. The molecule has 3 aromatic rings. The van der Waals surface area contributed by atoms with Crippen LogP contribution in [0.15, 0.2) is 72.8 Å². The van der Waals surface area contributed by atoms with Crippen LogP contribution in [0.25, 0.3) is 0 Å². The predicted molar refractivity (Wildman–Crippen MR) is 154 cm³/mol. The Bertz CT molecular complexity index is 1020. The number of phosphoric acid groups is 1. The fourth-order valence-corrected chi connectivity index (χ4v) is 4.48. The van der Waals surface area contributed by atoms with Crippen LogP contribution in [0.1, 0.15) is 40.0 Å². The summed E-state index contributed by atoms with van der Waals surface area (Å²) in [5.74, 6) is 0.926. The summed E-state index contributed by atoms with van der Waals surface area (Å²) in [6, 6.07) is 20.7. The molecule has 0 fully saturated rings. The fourth-order valence-electron chi connectivity index (χ4n) is 3.23. The van der Waals surface area contributed by atoms with Crippen LogP contribution in [-0.2, 0) is 4.57 Å². The molecule has 0 aliphatic carbocycles. The van der Waals surface area contributed by atoms with E-state index in [2.05, 4.69) is 16.0 Å². The van der Waals surface area contributed by atoms with Gasteiger partial charge in [0.05, 0.1) is 18.5 Å². The van der Waals surface area contributed by atoms with E-state index in [1.54, 1.807) is 72.8 Å². The average Bonchev–Trinajstić information content (AvgIpc) is 2.91. The molecule has 11 heteroatoms. The zero-order valence-corrected chi connectivity index (χ0v) is 23.0. The van der Waals surface area contributed by atoms with Gasteiger partial charge in [-0.2, -0.15) is 4.57 Å². The molecule has 0 radical (unpaired) electrons. The summed E-state index contributed by atoms with van der Waals surface area (Å²) in [4.78, 5) is 0. The van der Waals surface area contributed by atoms with Gasteiger partial charge in [-0.15, -0.1) is 0 Å². The molecule has 206 valence electrons. The van der Waals surface area contributed by atoms with E-state index >= 15 is 0 Å². The van der Waals surface area contributed by atoms with E-state index in [-0.39, 0.29) is 18.5 Å². The summed E-state index contributed by atoms with van der Waals surface area (Å²) in [6.45, 7) is 5.96. The monoisotopic (exact) mass is 542 g/mol. The number of anilines is 3. The highest BCUT2D eigenvalue weighted by Gasteiger charge is 2.33. The van der Waals surface area contributed by atoms with Crippen molar-refractivity contribution >= 4 is 24.9 Å². The van der Waals surface area contributed by atoms with Gasteiger partial charge in [-0.05, 0) is 92.1 Å². The molecule has 10 nitrogen and oxygen atoms in total. The van der Waals surface area contributed by atoms with Crippen LogP contribution in [0.2, 0.25) is 0 Å². The molecule has 0 saturated heterocycles. The number of hydrogen-bond donors (Lipinski definition) is 6. The van der Waals surface area contributed by atoms with Crippen LogP contribution in [0.4, 0.5) is 17.1 Å². The number of nitrogens with one attached hydrogen (secondary N) is 3. The minimum absolute atomic E-state index is 0.173. The van der Waals surface area contributed by atoms with Gasteiger partial charge in [0.2, 0.25) is 0 Å². The molecule has 9 N–H and O–H groups in total. The maximum Gasteiger partial charge on any atom is 0.647 e. The maximum atomic E-state index is 13.9. The van der Waals surface area contributed by atoms with Crippen molar-refractivity contribution in [2.24, 2.45) is 17.2 Å². The smallest absolute Gasteiger partial charge is 0.386 e. The van der Waals surface area contributed by atoms with Crippen molar-refractivity contribution < 1.29 is 18.1 Å². The second kappa shape index (κ2) is 13.9. The molecule has 0 amide bonds. The Morgan fingerprint density at radius 2 is 0.789 bits per heavy atom. The summed E-state index contributed by atoms with van der Waals surface area (Å²) in [5.41, 5.74) is 20.3. The van der Waals surface area contributed by atoms with Gasteiger partial charge in [-0.3, -0.25) is 0 Å². The normalized spacial score (nSPS) is 14.9. The molecule has 3 aromatic carbocycles. The first-order valence-corrected chi connectivity index (χ1v) is 14.2. The third-order valence-corrected chi connectivity index (χ3v) is 6.89. The van der Waals surface area contributed by atoms with Crippen molar-refractivity contribution in [2.75, 3.05) is 16.0 Å². The molecule has 3 rings (SSSR count). The number of rotatable bonds is 15. The Labute approximate surface area is 224 Å². The first-order chi connectivity index (χ1) is 18.2. The SMILES string of the molecule is CCC(N)Nc1ccc(OP(=O)(Oc2ccc(NC(N)CC)cc2)Oc2ccc(NC(N)CC)cc2)cc1. The highest BCUT2D eigenvalue weighted by molar-refractivity contribution is 7.49. The summed E-state index contributed by atoms with van der Waals surface area (Å²) in [6.07, 6.45) is 1.79. The van der Waals surface area contributed by atoms with Gasteiger partial charge in [0.15, 0.2) is 0 Å². The first-order valence-electron chi connectivity index (χ1n) is 12.8. The summed E-state index contributed by atoms with van der Waals surface area (Å²) in [5, 5.41) is 9.50. The van der Waals surface area contributed by atoms with E-state index in [0.717, 1.165) is 36.3 Å². The molecule has 3 unspecified atom stereocenters. The van der Waals surface area contributed by atoms with Gasteiger partial charge in [-0.1, -0.05) is 20.8 Å². The zero-order chi connectivity index (χ0) is 27.5. The second-order valence-corrected chi connectivity index (χ2v) is 10.2. The van der Waals surface area contributed by atoms with Crippen LogP contribution >= 0.6 is 7.82 Å². The highest BCUT2D eigenvalue weighted by atomic mass is 31.2. The van der Waals surface area contributed by atoms with Crippen molar-refractivity contribution in [2.45, 2.75) is 58.5 Å². The zero-order valence-electron chi connectivity index (χ0n) is 22.1. The van der Waals surface area contributed by atoms with E-state index in [0.29, 0.717) is 17.2 Å². The maximum absolute atomic E-state index is 13.9. The van der Waals surface area contributed by atoms with E-state index < -0.39 is 7.82 Å². The van der Waals surface area contributed by atoms with Crippen LogP contribution in [0.5, 0.6) is 17.2 Å². The standard InChI is InChI=1S/C27H39N6O4P/c1-4-25(28)31-19-7-13-22(14-8-19)35-38(34,36-23-15-9-20(10-16-23)32-26(29)5-2)37-24-17-11-21(12-18-24)33-27(30)6-3/h7-18,25-27,31-33H,4-6,28-30H2,1-3H3. The van der Waals surface area contributed by atoms with Gasteiger partial charge in [-0.25, -0.2) is 0 Å². The number of hydrogen-bond acceptors (Lipinski definition) is 10. The number of phosphoric ester groups is 1. The minimum atomic E-state index is -4.17. The lowest BCUT2D eigenvalue weighted by Gasteiger charge is -2.21. The molecule has 0 saturated carbocycles. The average molecular weight is 543 g/mol. The molecule has 0 aliphatic heterocycles. The van der Waals surface area contributed by atoms with Gasteiger partial charge in [0.1, 0.15) is 17.2 Å². The summed E-state index contributed by atoms with van der Waals surface area (Å²) in [7, 11) is -4.17. The Kier molecular flexibility index (Phi) is 10.7. The quantitative estimate of drug-likeness (QED) is 0.105. The van der Waals surface area contributed by atoms with Crippen LogP contribution in [0, 0.1) is 0 Å². The number of benzene rings is 3. The van der Waals surface area contributed by atoms with Gasteiger partial charge >= 0.3 is 7.82 Å². The highest BCUT2D eigenvalue weighted by Crippen LogP contribution is 2.50. The Morgan fingerprint density at radius 1 is 0.553 bits per heavy atom. The Morgan fingerprint density at radius 3 is 1.00 bits per heavy atom. The van der Waals surface area contributed by atoms with Gasteiger partial charge in [0, 0.05) is 17.1 Å². The van der Waals surface area contributed by atoms with E-state index in [1.165, 1.54) is 0 Å². The third kappa shape index (κ3) is 9.15. The van der Waals surface area contributed by atoms with Crippen LogP contribution in [-0.4, -0.2) is 18.5 Å². The molecule has 0 spiro atoms. The van der Waals surface area contributed by atoms with E-state index in [1.807, 2.05) is 20.8 Å². The van der Waals surface area contributed by atoms with E-state index in [9.17, 15) is 4.57 Å². The van der Waals surface area contributed by atoms with Crippen molar-refractivity contribution in [3.63, 3.8) is 0 Å². The van der Waals surface area contributed by atoms with Gasteiger partial charge < -0.3 is 46.7 Å². The largest absolute Gasteiger partial charge is 0.647 e. The molecular weight excluding hydrogens is 503 g/mol. The van der Waals surface area contributed by atoms with E-state index in [4.69, 9.17) is 30.8 Å². The molecular formula is C27H39N6O4P.